The maximum atomic E-state index is 12.0. The molecule has 0 aliphatic carbocycles. The van der Waals surface area contributed by atoms with E-state index in [1.54, 1.807) is 11.8 Å². The van der Waals surface area contributed by atoms with Crippen molar-refractivity contribution in [2.75, 3.05) is 7.11 Å². The van der Waals surface area contributed by atoms with Crippen molar-refractivity contribution in [3.8, 4) is 0 Å². The van der Waals surface area contributed by atoms with Gasteiger partial charge in [0.15, 0.2) is 11.2 Å². The van der Waals surface area contributed by atoms with Gasteiger partial charge >= 0.3 is 5.97 Å². The van der Waals surface area contributed by atoms with Crippen LogP contribution in [0.2, 0.25) is 0 Å². The predicted octanol–water partition coefficient (Wildman–Crippen LogP) is 2.76. The third-order valence-electron chi connectivity index (χ3n) is 3.16. The second-order valence-corrected chi connectivity index (χ2v) is 6.39. The first-order chi connectivity index (χ1) is 9.60. The highest BCUT2D eigenvalue weighted by Crippen LogP contribution is 2.26. The lowest BCUT2D eigenvalue weighted by Crippen LogP contribution is -2.36. The number of ether oxygens (including phenoxy) is 1. The average Bonchev–Trinajstić information content (AvgIpc) is 2.44. The molecule has 0 bridgehead atoms. The third kappa shape index (κ3) is 3.76. The third-order valence-corrected chi connectivity index (χ3v) is 4.20. The van der Waals surface area contributed by atoms with Gasteiger partial charge in [0.25, 0.3) is 0 Å². The van der Waals surface area contributed by atoms with Crippen LogP contribution < -0.4 is 5.32 Å². The van der Waals surface area contributed by atoms with E-state index in [2.05, 4.69) is 24.2 Å². The Bertz CT molecular complexity index is 490. The molecule has 1 aliphatic rings. The number of rotatable bonds is 3. The first-order valence-corrected chi connectivity index (χ1v) is 7.62. The molecular weight excluding hydrogens is 272 g/mol. The molecule has 108 valence electrons. The fourth-order valence-corrected chi connectivity index (χ4v) is 3.42. The van der Waals surface area contributed by atoms with E-state index in [1.165, 1.54) is 7.11 Å². The number of amidine groups is 1. The Labute approximate surface area is 124 Å². The second kappa shape index (κ2) is 6.79. The Morgan fingerprint density at radius 3 is 2.70 bits per heavy atom. The van der Waals surface area contributed by atoms with E-state index in [0.29, 0.717) is 5.25 Å². The van der Waals surface area contributed by atoms with Gasteiger partial charge in [0.2, 0.25) is 0 Å². The van der Waals surface area contributed by atoms with Crippen molar-refractivity contribution in [2.45, 2.75) is 37.6 Å². The SMILES string of the molecule is COC(=O)C(NC1=NC(C)CC(C)S1)c1ccccc1. The van der Waals surface area contributed by atoms with Crippen LogP contribution in [0.5, 0.6) is 0 Å². The number of carbonyl (C=O) groups is 1. The lowest BCUT2D eigenvalue weighted by Gasteiger charge is -2.26. The predicted molar refractivity (Wildman–Crippen MR) is 82.9 cm³/mol. The zero-order chi connectivity index (χ0) is 14.5. The minimum atomic E-state index is -0.509. The van der Waals surface area contributed by atoms with Crippen LogP contribution >= 0.6 is 11.8 Å². The van der Waals surface area contributed by atoms with Crippen molar-refractivity contribution in [1.82, 2.24) is 5.32 Å². The Morgan fingerprint density at radius 2 is 2.10 bits per heavy atom. The van der Waals surface area contributed by atoms with Crippen molar-refractivity contribution in [1.29, 1.82) is 0 Å². The molecule has 0 spiro atoms. The van der Waals surface area contributed by atoms with Crippen LogP contribution in [0.1, 0.15) is 31.9 Å². The van der Waals surface area contributed by atoms with Crippen LogP contribution in [-0.2, 0) is 9.53 Å². The van der Waals surface area contributed by atoms with E-state index in [1.807, 2.05) is 30.3 Å². The molecule has 0 saturated heterocycles. The summed E-state index contributed by atoms with van der Waals surface area (Å²) in [7, 11) is 1.40. The van der Waals surface area contributed by atoms with Gasteiger partial charge in [-0.15, -0.1) is 0 Å². The van der Waals surface area contributed by atoms with Crippen LogP contribution in [0, 0.1) is 0 Å². The lowest BCUT2D eigenvalue weighted by molar-refractivity contribution is -0.142. The molecule has 0 fully saturated rings. The summed E-state index contributed by atoms with van der Waals surface area (Å²) in [6.07, 6.45) is 1.06. The first kappa shape index (κ1) is 14.9. The summed E-state index contributed by atoms with van der Waals surface area (Å²) in [5, 5.41) is 4.54. The molecule has 0 amide bonds. The van der Waals surface area contributed by atoms with Gasteiger partial charge in [-0.25, -0.2) is 4.79 Å². The highest BCUT2D eigenvalue weighted by atomic mass is 32.2. The topological polar surface area (TPSA) is 50.7 Å². The number of aliphatic imine (C=N–C) groups is 1. The Kier molecular flexibility index (Phi) is 5.06. The summed E-state index contributed by atoms with van der Waals surface area (Å²) in [6.45, 7) is 4.26. The van der Waals surface area contributed by atoms with E-state index in [9.17, 15) is 4.79 Å². The largest absolute Gasteiger partial charge is 0.467 e. The standard InChI is InChI=1S/C15H20N2O2S/c1-10-9-11(2)20-15(16-10)17-13(14(18)19-3)12-7-5-4-6-8-12/h4-8,10-11,13H,9H2,1-3H3,(H,16,17). The van der Waals surface area contributed by atoms with Crippen molar-refractivity contribution >= 4 is 22.9 Å². The fraction of sp³-hybridized carbons (Fsp3) is 0.467. The maximum absolute atomic E-state index is 12.0. The van der Waals surface area contributed by atoms with E-state index < -0.39 is 6.04 Å². The van der Waals surface area contributed by atoms with Gasteiger partial charge in [-0.1, -0.05) is 49.0 Å². The quantitative estimate of drug-likeness (QED) is 0.870. The molecular formula is C15H20N2O2S. The Balaban J connectivity index is 2.19. The molecule has 20 heavy (non-hydrogen) atoms. The van der Waals surface area contributed by atoms with Crippen molar-refractivity contribution in [3.05, 3.63) is 35.9 Å². The zero-order valence-corrected chi connectivity index (χ0v) is 12.8. The summed E-state index contributed by atoms with van der Waals surface area (Å²) in [6, 6.07) is 9.34. The van der Waals surface area contributed by atoms with Gasteiger partial charge in [0.05, 0.1) is 13.2 Å². The van der Waals surface area contributed by atoms with E-state index in [-0.39, 0.29) is 12.0 Å². The van der Waals surface area contributed by atoms with Crippen LogP contribution in [0.15, 0.2) is 35.3 Å². The zero-order valence-electron chi connectivity index (χ0n) is 12.0. The Hall–Kier alpha value is -1.49. The number of hydrogen-bond acceptors (Lipinski definition) is 5. The average molecular weight is 292 g/mol. The molecule has 1 aliphatic heterocycles. The number of hydrogen-bond donors (Lipinski definition) is 1. The summed E-state index contributed by atoms with van der Waals surface area (Å²) in [4.78, 5) is 16.6. The number of carbonyl (C=O) groups excluding carboxylic acids is 1. The number of nitrogens with zero attached hydrogens (tertiary/aromatic N) is 1. The normalized spacial score (nSPS) is 23.6. The molecule has 1 aromatic rings. The van der Waals surface area contributed by atoms with E-state index in [0.717, 1.165) is 17.2 Å². The second-order valence-electron chi connectivity index (χ2n) is 4.96. The molecule has 0 saturated carbocycles. The summed E-state index contributed by atoms with van der Waals surface area (Å²) < 4.78 is 4.90. The van der Waals surface area contributed by atoms with Gasteiger partial charge in [-0.05, 0) is 18.9 Å². The van der Waals surface area contributed by atoms with Crippen molar-refractivity contribution in [2.24, 2.45) is 4.99 Å². The molecule has 2 rings (SSSR count). The van der Waals surface area contributed by atoms with Crippen LogP contribution in [0.25, 0.3) is 0 Å². The summed E-state index contributed by atoms with van der Waals surface area (Å²) in [5.74, 6) is -0.301. The van der Waals surface area contributed by atoms with E-state index in [4.69, 9.17) is 4.74 Å². The van der Waals surface area contributed by atoms with Gasteiger partial charge in [-0.2, -0.15) is 0 Å². The molecule has 5 heteroatoms. The molecule has 0 radical (unpaired) electrons. The number of methoxy groups -OCH3 is 1. The summed E-state index contributed by atoms with van der Waals surface area (Å²) >= 11 is 1.67. The van der Waals surface area contributed by atoms with Gasteiger partial charge < -0.3 is 10.1 Å². The molecule has 3 unspecified atom stereocenters. The molecule has 1 N–H and O–H groups in total. The lowest BCUT2D eigenvalue weighted by atomic mass is 10.1. The van der Waals surface area contributed by atoms with Gasteiger partial charge in [-0.3, -0.25) is 4.99 Å². The minimum absolute atomic E-state index is 0.280. The highest BCUT2D eigenvalue weighted by molar-refractivity contribution is 8.14. The Morgan fingerprint density at radius 1 is 1.40 bits per heavy atom. The van der Waals surface area contributed by atoms with E-state index >= 15 is 0 Å². The first-order valence-electron chi connectivity index (χ1n) is 6.74. The number of thioether (sulfide) groups is 1. The molecule has 1 heterocycles. The molecule has 4 nitrogen and oxygen atoms in total. The number of esters is 1. The van der Waals surface area contributed by atoms with Crippen LogP contribution in [0.4, 0.5) is 0 Å². The monoisotopic (exact) mass is 292 g/mol. The van der Waals surface area contributed by atoms with Crippen molar-refractivity contribution < 1.29 is 9.53 Å². The maximum Gasteiger partial charge on any atom is 0.333 e. The van der Waals surface area contributed by atoms with Gasteiger partial charge in [0, 0.05) is 5.25 Å². The fourth-order valence-electron chi connectivity index (χ4n) is 2.24. The highest BCUT2D eigenvalue weighted by Gasteiger charge is 2.26. The van der Waals surface area contributed by atoms with Crippen LogP contribution in [-0.4, -0.2) is 29.5 Å². The molecule has 0 aromatic heterocycles. The number of nitrogens with one attached hydrogen (secondary N) is 1. The van der Waals surface area contributed by atoms with Crippen LogP contribution in [0.3, 0.4) is 0 Å². The molecule has 1 aromatic carbocycles. The van der Waals surface area contributed by atoms with Crippen molar-refractivity contribution in [3.63, 3.8) is 0 Å². The van der Waals surface area contributed by atoms with Gasteiger partial charge in [0.1, 0.15) is 0 Å². The smallest absolute Gasteiger partial charge is 0.333 e. The molecule has 3 atom stereocenters. The number of benzene rings is 1. The minimum Gasteiger partial charge on any atom is -0.467 e. The summed E-state index contributed by atoms with van der Waals surface area (Å²) in [5.41, 5.74) is 0.883.